The van der Waals surface area contributed by atoms with E-state index in [9.17, 15) is 0 Å². The van der Waals surface area contributed by atoms with E-state index in [2.05, 4.69) is 36.5 Å². The second-order valence-electron chi connectivity index (χ2n) is 6.08. The molecule has 1 fully saturated rings. The molecule has 0 saturated heterocycles. The van der Waals surface area contributed by atoms with Crippen LogP contribution < -0.4 is 10.1 Å². The van der Waals surface area contributed by atoms with Crippen LogP contribution in [-0.2, 0) is 0 Å². The first kappa shape index (κ1) is 13.0. The fourth-order valence-electron chi connectivity index (χ4n) is 3.60. The number of nitrogens with one attached hydrogen (secondary N) is 1. The maximum Gasteiger partial charge on any atom is 0.124 e. The van der Waals surface area contributed by atoms with Crippen molar-refractivity contribution >= 4 is 0 Å². The maximum atomic E-state index is 5.74. The Kier molecular flexibility index (Phi) is 4.07. The highest BCUT2D eigenvalue weighted by atomic mass is 16.5. The highest BCUT2D eigenvalue weighted by molar-refractivity contribution is 5.37. The molecule has 1 saturated carbocycles. The Hall–Kier alpha value is -1.02. The number of hydrogen-bond acceptors (Lipinski definition) is 2. The van der Waals surface area contributed by atoms with Crippen LogP contribution in [0.25, 0.3) is 0 Å². The Bertz CT molecular complexity index is 411. The van der Waals surface area contributed by atoms with Crippen molar-refractivity contribution in [1.29, 1.82) is 0 Å². The summed E-state index contributed by atoms with van der Waals surface area (Å²) in [4.78, 5) is 0. The Morgan fingerprint density at radius 3 is 2.74 bits per heavy atom. The van der Waals surface area contributed by atoms with Gasteiger partial charge in [0.15, 0.2) is 0 Å². The van der Waals surface area contributed by atoms with Gasteiger partial charge in [-0.3, -0.25) is 0 Å². The monoisotopic (exact) mass is 259 g/mol. The molecule has 0 radical (unpaired) electrons. The van der Waals surface area contributed by atoms with E-state index in [-0.39, 0.29) is 0 Å². The van der Waals surface area contributed by atoms with E-state index in [1.807, 2.05) is 0 Å². The third-order valence-electron chi connectivity index (χ3n) is 4.78. The lowest BCUT2D eigenvalue weighted by Gasteiger charge is -2.34. The number of benzene rings is 1. The molecular formula is C17H25NO. The maximum absolute atomic E-state index is 5.74. The molecule has 104 valence electrons. The summed E-state index contributed by atoms with van der Waals surface area (Å²) in [6.07, 6.45) is 8.16. The topological polar surface area (TPSA) is 21.3 Å². The normalized spacial score (nSPS) is 25.4. The zero-order chi connectivity index (χ0) is 13.1. The Morgan fingerprint density at radius 2 is 1.89 bits per heavy atom. The van der Waals surface area contributed by atoms with Gasteiger partial charge in [-0.2, -0.15) is 0 Å². The highest BCUT2D eigenvalue weighted by Gasteiger charge is 2.26. The molecule has 1 unspecified atom stereocenters. The van der Waals surface area contributed by atoms with E-state index in [4.69, 9.17) is 4.74 Å². The molecule has 1 N–H and O–H groups in total. The van der Waals surface area contributed by atoms with Crippen LogP contribution in [-0.4, -0.2) is 12.6 Å². The van der Waals surface area contributed by atoms with E-state index in [0.29, 0.717) is 12.1 Å². The van der Waals surface area contributed by atoms with Gasteiger partial charge in [-0.25, -0.2) is 0 Å². The summed E-state index contributed by atoms with van der Waals surface area (Å²) in [7, 11) is 0. The average Bonchev–Trinajstić information content (AvgIpc) is 2.48. The van der Waals surface area contributed by atoms with Crippen LogP contribution in [0, 0.1) is 5.92 Å². The Morgan fingerprint density at radius 1 is 1.11 bits per heavy atom. The molecule has 3 rings (SSSR count). The van der Waals surface area contributed by atoms with Gasteiger partial charge in [-0.15, -0.1) is 0 Å². The van der Waals surface area contributed by atoms with Gasteiger partial charge in [0.25, 0.3) is 0 Å². The van der Waals surface area contributed by atoms with E-state index in [0.717, 1.165) is 24.7 Å². The first-order valence-electron chi connectivity index (χ1n) is 7.82. The molecule has 0 spiro atoms. The summed E-state index contributed by atoms with van der Waals surface area (Å²) >= 11 is 0. The lowest BCUT2D eigenvalue weighted by Crippen LogP contribution is -2.39. The minimum atomic E-state index is 0.474. The largest absolute Gasteiger partial charge is 0.493 e. The highest BCUT2D eigenvalue weighted by Crippen LogP contribution is 2.33. The predicted octanol–water partition coefficient (Wildman–Crippen LogP) is 4.07. The molecular weight excluding hydrogens is 234 g/mol. The minimum absolute atomic E-state index is 0.474. The molecule has 0 bridgehead atoms. The summed E-state index contributed by atoms with van der Waals surface area (Å²) < 4.78 is 5.74. The van der Waals surface area contributed by atoms with Crippen molar-refractivity contribution in [3.8, 4) is 5.75 Å². The number of fused-ring (bicyclic) bond motifs is 1. The second-order valence-corrected chi connectivity index (χ2v) is 6.08. The molecule has 2 atom stereocenters. The van der Waals surface area contributed by atoms with Crippen molar-refractivity contribution < 1.29 is 4.74 Å². The molecule has 1 aromatic carbocycles. The SMILES string of the molecule is C[C@H](NC1CCOc2ccccc21)C1CCCCC1. The van der Waals surface area contributed by atoms with Crippen LogP contribution in [0.2, 0.25) is 0 Å². The van der Waals surface area contributed by atoms with Crippen LogP contribution in [0.15, 0.2) is 24.3 Å². The van der Waals surface area contributed by atoms with Crippen LogP contribution >= 0.6 is 0 Å². The second kappa shape index (κ2) is 5.96. The predicted molar refractivity (Wildman–Crippen MR) is 78.5 cm³/mol. The lowest BCUT2D eigenvalue weighted by molar-refractivity contribution is 0.216. The molecule has 0 aromatic heterocycles. The molecule has 1 aromatic rings. The number of para-hydroxylation sites is 1. The summed E-state index contributed by atoms with van der Waals surface area (Å²) in [6.45, 7) is 3.21. The van der Waals surface area contributed by atoms with Crippen LogP contribution in [0.3, 0.4) is 0 Å². The van der Waals surface area contributed by atoms with Crippen LogP contribution in [0.4, 0.5) is 0 Å². The molecule has 19 heavy (non-hydrogen) atoms. The zero-order valence-corrected chi connectivity index (χ0v) is 11.9. The van der Waals surface area contributed by atoms with E-state index in [1.54, 1.807) is 0 Å². The molecule has 2 nitrogen and oxygen atoms in total. The molecule has 1 aliphatic carbocycles. The Balaban J connectivity index is 1.66. The smallest absolute Gasteiger partial charge is 0.124 e. The van der Waals surface area contributed by atoms with Gasteiger partial charge in [-0.1, -0.05) is 37.5 Å². The third-order valence-corrected chi connectivity index (χ3v) is 4.78. The van der Waals surface area contributed by atoms with Gasteiger partial charge in [0.1, 0.15) is 5.75 Å². The fraction of sp³-hybridized carbons (Fsp3) is 0.647. The molecule has 0 amide bonds. The van der Waals surface area contributed by atoms with E-state index >= 15 is 0 Å². The van der Waals surface area contributed by atoms with Crippen molar-refractivity contribution in [2.75, 3.05) is 6.61 Å². The standard InChI is InChI=1S/C17H25NO/c1-13(14-7-3-2-4-8-14)18-16-11-12-19-17-10-6-5-9-15(16)17/h5-6,9-10,13-14,16,18H,2-4,7-8,11-12H2,1H3/t13-,16?/m0/s1. The minimum Gasteiger partial charge on any atom is -0.493 e. The summed E-state index contributed by atoms with van der Waals surface area (Å²) in [5.41, 5.74) is 1.34. The van der Waals surface area contributed by atoms with Gasteiger partial charge in [0, 0.05) is 24.1 Å². The number of hydrogen-bond donors (Lipinski definition) is 1. The van der Waals surface area contributed by atoms with Crippen molar-refractivity contribution in [3.63, 3.8) is 0 Å². The van der Waals surface area contributed by atoms with E-state index in [1.165, 1.54) is 37.7 Å². The van der Waals surface area contributed by atoms with Crippen molar-refractivity contribution in [2.45, 2.75) is 57.5 Å². The quantitative estimate of drug-likeness (QED) is 0.883. The van der Waals surface area contributed by atoms with Gasteiger partial charge < -0.3 is 10.1 Å². The summed E-state index contributed by atoms with van der Waals surface area (Å²) in [5, 5.41) is 3.86. The molecule has 1 heterocycles. The van der Waals surface area contributed by atoms with E-state index < -0.39 is 0 Å². The van der Waals surface area contributed by atoms with Crippen molar-refractivity contribution in [2.24, 2.45) is 5.92 Å². The average molecular weight is 259 g/mol. The number of ether oxygens (including phenoxy) is 1. The summed E-state index contributed by atoms with van der Waals surface area (Å²) in [6, 6.07) is 9.58. The first-order valence-corrected chi connectivity index (χ1v) is 7.82. The van der Waals surface area contributed by atoms with Crippen LogP contribution in [0.5, 0.6) is 5.75 Å². The third kappa shape index (κ3) is 2.94. The van der Waals surface area contributed by atoms with Gasteiger partial charge in [-0.05, 0) is 31.7 Å². The van der Waals surface area contributed by atoms with Gasteiger partial charge in [0.05, 0.1) is 6.61 Å². The zero-order valence-electron chi connectivity index (χ0n) is 11.9. The van der Waals surface area contributed by atoms with Crippen LogP contribution in [0.1, 0.15) is 57.1 Å². The fourth-order valence-corrected chi connectivity index (χ4v) is 3.60. The first-order chi connectivity index (χ1) is 9.34. The molecule has 2 aliphatic rings. The van der Waals surface area contributed by atoms with Crippen molar-refractivity contribution in [1.82, 2.24) is 5.32 Å². The molecule has 1 aliphatic heterocycles. The van der Waals surface area contributed by atoms with Gasteiger partial charge >= 0.3 is 0 Å². The lowest BCUT2D eigenvalue weighted by atomic mass is 9.84. The molecule has 2 heteroatoms. The van der Waals surface area contributed by atoms with Gasteiger partial charge in [0.2, 0.25) is 0 Å². The Labute approximate surface area is 116 Å². The van der Waals surface area contributed by atoms with Crippen molar-refractivity contribution in [3.05, 3.63) is 29.8 Å². The summed E-state index contributed by atoms with van der Waals surface area (Å²) in [5.74, 6) is 1.94. The number of rotatable bonds is 3.